The minimum absolute atomic E-state index is 0.232. The molecule has 0 atom stereocenters. The second-order valence-electron chi connectivity index (χ2n) is 10.1. The van der Waals surface area contributed by atoms with Gasteiger partial charge in [-0.05, 0) is 78.4 Å². The number of fused-ring (bicyclic) bond motifs is 1. The molecule has 214 valence electrons. The van der Waals surface area contributed by atoms with Crippen LogP contribution in [0, 0.1) is 5.82 Å². The third kappa shape index (κ3) is 6.38. The van der Waals surface area contributed by atoms with Gasteiger partial charge in [0.05, 0.1) is 4.90 Å². The smallest absolute Gasteiger partial charge is 0.243 e. The first kappa shape index (κ1) is 27.7. The van der Waals surface area contributed by atoms with Gasteiger partial charge in [-0.25, -0.2) is 17.8 Å². The van der Waals surface area contributed by atoms with Crippen LogP contribution in [0.5, 0.6) is 0 Å². The summed E-state index contributed by atoms with van der Waals surface area (Å²) in [5.74, 6) is 0.555. The lowest BCUT2D eigenvalue weighted by atomic mass is 10.0. The maximum absolute atomic E-state index is 13.3. The van der Waals surface area contributed by atoms with Gasteiger partial charge >= 0.3 is 0 Å². The van der Waals surface area contributed by atoms with Crippen molar-refractivity contribution in [3.8, 4) is 0 Å². The largest absolute Gasteiger partial charge is 0.340 e. The molecule has 2 aromatic heterocycles. The van der Waals surface area contributed by atoms with E-state index in [1.54, 1.807) is 53.0 Å². The van der Waals surface area contributed by atoms with Crippen molar-refractivity contribution in [1.29, 1.82) is 0 Å². The molecule has 1 saturated heterocycles. The number of anilines is 4. The number of rotatable bonds is 9. The maximum Gasteiger partial charge on any atom is 0.243 e. The summed E-state index contributed by atoms with van der Waals surface area (Å²) in [5.41, 5.74) is 2.48. The molecule has 3 N–H and O–H groups in total. The fraction of sp³-hybridized carbons (Fsp3) is 0.194. The number of piperidine rings is 1. The Morgan fingerprint density at radius 3 is 2.36 bits per heavy atom. The highest BCUT2D eigenvalue weighted by Gasteiger charge is 2.29. The zero-order valence-electron chi connectivity index (χ0n) is 22.7. The Hall–Kier alpha value is -4.45. The number of halogens is 1. The Morgan fingerprint density at radius 2 is 1.57 bits per heavy atom. The molecule has 0 aliphatic carbocycles. The van der Waals surface area contributed by atoms with E-state index in [1.165, 1.54) is 17.5 Å². The highest BCUT2D eigenvalue weighted by atomic mass is 32.2. The molecule has 42 heavy (non-hydrogen) atoms. The molecule has 0 amide bonds. The van der Waals surface area contributed by atoms with Gasteiger partial charge in [0.15, 0.2) is 0 Å². The first-order chi connectivity index (χ1) is 20.4. The van der Waals surface area contributed by atoms with Crippen molar-refractivity contribution in [3.05, 3.63) is 109 Å². The number of benzene rings is 3. The molecular weight excluding hydrogens is 553 g/mol. The van der Waals surface area contributed by atoms with Crippen molar-refractivity contribution in [2.24, 2.45) is 0 Å². The molecule has 0 spiro atoms. The van der Waals surface area contributed by atoms with Crippen molar-refractivity contribution >= 4 is 43.9 Å². The summed E-state index contributed by atoms with van der Waals surface area (Å²) in [6, 6.07) is 22.7. The summed E-state index contributed by atoms with van der Waals surface area (Å²) in [7, 11) is -3.62. The predicted octanol–water partition coefficient (Wildman–Crippen LogP) is 5.59. The van der Waals surface area contributed by atoms with E-state index in [4.69, 9.17) is 0 Å². The summed E-state index contributed by atoms with van der Waals surface area (Å²) in [4.78, 5) is 13.3. The van der Waals surface area contributed by atoms with E-state index in [0.29, 0.717) is 42.8 Å². The zero-order valence-corrected chi connectivity index (χ0v) is 23.6. The second kappa shape index (κ2) is 12.2. The molecule has 0 unspecified atom stereocenters. The van der Waals surface area contributed by atoms with E-state index >= 15 is 0 Å². The number of sulfonamides is 1. The Kier molecular flexibility index (Phi) is 8.04. The quantitative estimate of drug-likeness (QED) is 0.206. The Morgan fingerprint density at radius 1 is 0.857 bits per heavy atom. The van der Waals surface area contributed by atoms with E-state index < -0.39 is 10.0 Å². The average molecular weight is 584 g/mol. The second-order valence-corrected chi connectivity index (χ2v) is 12.1. The topological polar surface area (TPSA) is 112 Å². The third-order valence-corrected chi connectivity index (χ3v) is 9.22. The van der Waals surface area contributed by atoms with E-state index in [2.05, 4.69) is 43.0 Å². The van der Waals surface area contributed by atoms with E-state index in [1.807, 2.05) is 24.5 Å². The van der Waals surface area contributed by atoms with Crippen molar-refractivity contribution in [3.63, 3.8) is 0 Å². The van der Waals surface area contributed by atoms with Crippen LogP contribution in [0.25, 0.3) is 10.8 Å². The van der Waals surface area contributed by atoms with Crippen LogP contribution in [0.1, 0.15) is 18.4 Å². The van der Waals surface area contributed by atoms with Crippen LogP contribution in [0.3, 0.4) is 0 Å². The van der Waals surface area contributed by atoms with E-state index in [0.717, 1.165) is 23.8 Å². The number of hydrogen-bond donors (Lipinski definition) is 3. The Bertz CT molecular complexity index is 1770. The van der Waals surface area contributed by atoms with Gasteiger partial charge in [-0.15, -0.1) is 0 Å². The van der Waals surface area contributed by atoms with Gasteiger partial charge in [0.1, 0.15) is 11.6 Å². The number of nitrogens with one attached hydrogen (secondary N) is 3. The number of pyridine rings is 1. The van der Waals surface area contributed by atoms with Crippen LogP contribution < -0.4 is 16.0 Å². The molecule has 0 radical (unpaired) electrons. The summed E-state index contributed by atoms with van der Waals surface area (Å²) < 4.78 is 41.4. The molecule has 1 aliphatic rings. The standard InChI is InChI=1S/C31H30FN7O2S/c32-24-5-7-26(8-6-24)36-30-13-16-34-31(38-30)37-27-9-11-28(12-10-27)42(40,41)39-17-14-25(15-18-39)35-21-23-20-33-19-22-3-1-2-4-29(22)23/h1-13,16,19-20,25,35H,14-15,17-18,21H2,(H2,34,36,37,38). The highest BCUT2D eigenvalue weighted by Crippen LogP contribution is 2.24. The number of nitrogens with zero attached hydrogens (tertiary/aromatic N) is 4. The molecule has 5 aromatic rings. The average Bonchev–Trinajstić information content (AvgIpc) is 3.02. The van der Waals surface area contributed by atoms with Gasteiger partial charge in [0.2, 0.25) is 16.0 Å². The number of hydrogen-bond acceptors (Lipinski definition) is 8. The van der Waals surface area contributed by atoms with Crippen molar-refractivity contribution in [2.75, 3.05) is 23.7 Å². The summed E-state index contributed by atoms with van der Waals surface area (Å²) >= 11 is 0. The first-order valence-corrected chi connectivity index (χ1v) is 15.2. The minimum Gasteiger partial charge on any atom is -0.340 e. The molecule has 1 aliphatic heterocycles. The summed E-state index contributed by atoms with van der Waals surface area (Å²) in [5, 5.41) is 12.1. The fourth-order valence-corrected chi connectivity index (χ4v) is 6.50. The normalized spacial score (nSPS) is 14.6. The molecule has 6 rings (SSSR count). The van der Waals surface area contributed by atoms with E-state index in [9.17, 15) is 12.8 Å². The maximum atomic E-state index is 13.3. The molecule has 11 heteroatoms. The molecule has 0 saturated carbocycles. The van der Waals surface area contributed by atoms with Crippen molar-refractivity contribution in [2.45, 2.75) is 30.3 Å². The van der Waals surface area contributed by atoms with Gasteiger partial charge in [-0.3, -0.25) is 4.98 Å². The van der Waals surface area contributed by atoms with Crippen LogP contribution in [0.15, 0.2) is 102 Å². The molecule has 9 nitrogen and oxygen atoms in total. The van der Waals surface area contributed by atoms with Gasteiger partial charge in [0, 0.05) is 61.0 Å². The molecule has 3 heterocycles. The number of aromatic nitrogens is 3. The third-order valence-electron chi connectivity index (χ3n) is 7.31. The van der Waals surface area contributed by atoms with Crippen LogP contribution in [0.4, 0.5) is 27.5 Å². The van der Waals surface area contributed by atoms with Crippen LogP contribution in [-0.2, 0) is 16.6 Å². The predicted molar refractivity (Wildman–Crippen MR) is 162 cm³/mol. The zero-order chi connectivity index (χ0) is 28.9. The molecular formula is C31H30FN7O2S. The molecule has 0 bridgehead atoms. The van der Waals surface area contributed by atoms with Gasteiger partial charge in [-0.2, -0.15) is 9.29 Å². The first-order valence-electron chi connectivity index (χ1n) is 13.7. The summed E-state index contributed by atoms with van der Waals surface area (Å²) in [6.07, 6.45) is 6.82. The molecule has 1 fully saturated rings. The monoisotopic (exact) mass is 583 g/mol. The minimum atomic E-state index is -3.62. The van der Waals surface area contributed by atoms with Crippen molar-refractivity contribution < 1.29 is 12.8 Å². The fourth-order valence-electron chi connectivity index (χ4n) is 5.03. The lowest BCUT2D eigenvalue weighted by molar-refractivity contribution is 0.288. The van der Waals surface area contributed by atoms with Gasteiger partial charge in [-0.1, -0.05) is 24.3 Å². The van der Waals surface area contributed by atoms with Gasteiger partial charge in [0.25, 0.3) is 0 Å². The Balaban J connectivity index is 1.03. The van der Waals surface area contributed by atoms with Gasteiger partial charge < -0.3 is 16.0 Å². The van der Waals surface area contributed by atoms with Crippen LogP contribution in [0.2, 0.25) is 0 Å². The highest BCUT2D eigenvalue weighted by molar-refractivity contribution is 7.89. The lowest BCUT2D eigenvalue weighted by Crippen LogP contribution is -2.44. The SMILES string of the molecule is O=S(=O)(c1ccc(Nc2nccc(Nc3ccc(F)cc3)n2)cc1)N1CCC(NCc2cncc3ccccc23)CC1. The summed E-state index contributed by atoms with van der Waals surface area (Å²) in [6.45, 7) is 1.60. The lowest BCUT2D eigenvalue weighted by Gasteiger charge is -2.31. The van der Waals surface area contributed by atoms with Crippen LogP contribution in [-0.4, -0.2) is 46.8 Å². The van der Waals surface area contributed by atoms with Crippen LogP contribution >= 0.6 is 0 Å². The Labute approximate surface area is 243 Å². The van der Waals surface area contributed by atoms with Crippen molar-refractivity contribution in [1.82, 2.24) is 24.6 Å². The molecule has 3 aromatic carbocycles. The van der Waals surface area contributed by atoms with E-state index in [-0.39, 0.29) is 16.8 Å².